The van der Waals surface area contributed by atoms with E-state index in [9.17, 15) is 0 Å². The summed E-state index contributed by atoms with van der Waals surface area (Å²) in [4.78, 5) is 1.10. The molecule has 2 aromatic heterocycles. The lowest BCUT2D eigenvalue weighted by molar-refractivity contribution is 0.782. The molecule has 0 aliphatic rings. The molecule has 3 rings (SSSR count). The second-order valence-corrected chi connectivity index (χ2v) is 5.97. The van der Waals surface area contributed by atoms with Crippen molar-refractivity contribution in [2.24, 2.45) is 7.05 Å². The molecular weight excluding hydrogens is 290 g/mol. The summed E-state index contributed by atoms with van der Waals surface area (Å²) < 4.78 is 1.70. The van der Waals surface area contributed by atoms with Crippen LogP contribution >= 0.6 is 22.9 Å². The van der Waals surface area contributed by atoms with Gasteiger partial charge in [-0.1, -0.05) is 35.9 Å². The van der Waals surface area contributed by atoms with Crippen molar-refractivity contribution in [2.75, 3.05) is 5.73 Å². The predicted octanol–water partition coefficient (Wildman–Crippen LogP) is 4.36. The first-order valence-electron chi connectivity index (χ1n) is 6.21. The van der Waals surface area contributed by atoms with E-state index < -0.39 is 0 Å². The van der Waals surface area contributed by atoms with E-state index in [2.05, 4.69) is 5.10 Å². The van der Waals surface area contributed by atoms with Crippen LogP contribution in [0, 0.1) is 6.92 Å². The molecule has 0 aliphatic heterocycles. The van der Waals surface area contributed by atoms with E-state index in [4.69, 9.17) is 17.3 Å². The Balaban J connectivity index is 2.30. The zero-order chi connectivity index (χ0) is 14.3. The molecule has 1 aromatic carbocycles. The van der Waals surface area contributed by atoms with Gasteiger partial charge in [0.05, 0.1) is 10.6 Å². The van der Waals surface area contributed by atoms with E-state index in [1.54, 1.807) is 16.0 Å². The second-order valence-electron chi connectivity index (χ2n) is 4.65. The van der Waals surface area contributed by atoms with Gasteiger partial charge in [-0.3, -0.25) is 4.68 Å². The van der Waals surface area contributed by atoms with Crippen molar-refractivity contribution in [1.29, 1.82) is 0 Å². The summed E-state index contributed by atoms with van der Waals surface area (Å²) in [6.07, 6.45) is 0. The first kappa shape index (κ1) is 13.2. The van der Waals surface area contributed by atoms with Gasteiger partial charge in [-0.15, -0.1) is 11.3 Å². The highest BCUT2D eigenvalue weighted by atomic mass is 35.5. The monoisotopic (exact) mass is 303 g/mol. The van der Waals surface area contributed by atoms with Gasteiger partial charge in [-0.2, -0.15) is 5.10 Å². The molecule has 0 radical (unpaired) electrons. The predicted molar refractivity (Wildman–Crippen MR) is 86.1 cm³/mol. The Morgan fingerprint density at radius 1 is 1.25 bits per heavy atom. The molecule has 2 heterocycles. The average Bonchev–Trinajstić information content (AvgIpc) is 3.03. The van der Waals surface area contributed by atoms with Crippen molar-refractivity contribution in [3.8, 4) is 21.7 Å². The fourth-order valence-electron chi connectivity index (χ4n) is 2.22. The van der Waals surface area contributed by atoms with Gasteiger partial charge >= 0.3 is 0 Å². The van der Waals surface area contributed by atoms with Gasteiger partial charge in [-0.05, 0) is 23.9 Å². The third-order valence-corrected chi connectivity index (χ3v) is 4.70. The number of hydrogen-bond acceptors (Lipinski definition) is 3. The number of aromatic nitrogens is 2. The number of halogens is 1. The molecule has 0 saturated heterocycles. The van der Waals surface area contributed by atoms with Crippen molar-refractivity contribution < 1.29 is 0 Å². The van der Waals surface area contributed by atoms with Crippen LogP contribution < -0.4 is 5.73 Å². The van der Waals surface area contributed by atoms with E-state index in [0.717, 1.165) is 32.3 Å². The van der Waals surface area contributed by atoms with Crippen LogP contribution in [0.15, 0.2) is 35.7 Å². The molecule has 3 nitrogen and oxygen atoms in total. The Bertz CT molecular complexity index is 760. The van der Waals surface area contributed by atoms with E-state index >= 15 is 0 Å². The Morgan fingerprint density at radius 3 is 2.75 bits per heavy atom. The van der Waals surface area contributed by atoms with Crippen molar-refractivity contribution in [1.82, 2.24) is 9.78 Å². The van der Waals surface area contributed by atoms with Crippen LogP contribution in [0.4, 0.5) is 5.82 Å². The molecule has 0 saturated carbocycles. The summed E-state index contributed by atoms with van der Waals surface area (Å²) >= 11 is 8.08. The minimum atomic E-state index is 0.653. The number of benzene rings is 1. The molecule has 5 heteroatoms. The number of hydrogen-bond donors (Lipinski definition) is 1. The average molecular weight is 304 g/mol. The van der Waals surface area contributed by atoms with Gasteiger partial charge in [0.15, 0.2) is 0 Å². The van der Waals surface area contributed by atoms with E-state index in [1.807, 2.05) is 49.7 Å². The van der Waals surface area contributed by atoms with Gasteiger partial charge in [0.25, 0.3) is 0 Å². The molecule has 102 valence electrons. The van der Waals surface area contributed by atoms with Crippen molar-refractivity contribution in [3.63, 3.8) is 0 Å². The highest BCUT2D eigenvalue weighted by Gasteiger charge is 2.20. The molecule has 2 N–H and O–H groups in total. The van der Waals surface area contributed by atoms with Gasteiger partial charge in [0.2, 0.25) is 0 Å². The summed E-state index contributed by atoms with van der Waals surface area (Å²) in [5.74, 6) is 0.653. The van der Waals surface area contributed by atoms with Crippen molar-refractivity contribution in [2.45, 2.75) is 6.92 Å². The van der Waals surface area contributed by atoms with Gasteiger partial charge in [0.1, 0.15) is 11.5 Å². The van der Waals surface area contributed by atoms with Crippen LogP contribution in [0.1, 0.15) is 5.56 Å². The summed E-state index contributed by atoms with van der Waals surface area (Å²) in [6, 6.07) is 10.0. The quantitative estimate of drug-likeness (QED) is 0.764. The topological polar surface area (TPSA) is 43.8 Å². The highest BCUT2D eigenvalue weighted by molar-refractivity contribution is 7.13. The largest absolute Gasteiger partial charge is 0.383 e. The SMILES string of the molecule is Cc1cccc(-c2nn(C)c(N)c2-c2cccs2)c1Cl. The second kappa shape index (κ2) is 4.96. The third kappa shape index (κ3) is 2.01. The molecule has 0 aliphatic carbocycles. The lowest BCUT2D eigenvalue weighted by Crippen LogP contribution is -1.97. The van der Waals surface area contributed by atoms with Crippen LogP contribution in [-0.2, 0) is 7.05 Å². The zero-order valence-electron chi connectivity index (χ0n) is 11.2. The van der Waals surface area contributed by atoms with Crippen LogP contribution in [0.25, 0.3) is 21.7 Å². The van der Waals surface area contributed by atoms with Crippen LogP contribution in [0.2, 0.25) is 5.02 Å². The van der Waals surface area contributed by atoms with Gasteiger partial charge in [0, 0.05) is 17.5 Å². The fraction of sp³-hybridized carbons (Fsp3) is 0.133. The van der Waals surface area contributed by atoms with Crippen LogP contribution in [0.5, 0.6) is 0 Å². The fourth-order valence-corrected chi connectivity index (χ4v) is 3.22. The Morgan fingerprint density at radius 2 is 2.05 bits per heavy atom. The van der Waals surface area contributed by atoms with E-state index in [0.29, 0.717) is 5.82 Å². The number of aryl methyl sites for hydroxylation is 2. The molecule has 0 atom stereocenters. The van der Waals surface area contributed by atoms with Gasteiger partial charge < -0.3 is 5.73 Å². The Kier molecular flexibility index (Phi) is 3.28. The molecule has 0 unspecified atom stereocenters. The first-order chi connectivity index (χ1) is 9.59. The summed E-state index contributed by atoms with van der Waals surface area (Å²) in [6.45, 7) is 1.99. The Hall–Kier alpha value is -1.78. The van der Waals surface area contributed by atoms with Crippen LogP contribution in [-0.4, -0.2) is 9.78 Å². The summed E-state index contributed by atoms with van der Waals surface area (Å²) in [5, 5.41) is 7.31. The molecule has 0 amide bonds. The smallest absolute Gasteiger partial charge is 0.130 e. The minimum Gasteiger partial charge on any atom is -0.383 e. The maximum Gasteiger partial charge on any atom is 0.130 e. The number of anilines is 1. The minimum absolute atomic E-state index is 0.653. The Labute approximate surface area is 126 Å². The molecular formula is C15H14ClN3S. The number of nitrogens with two attached hydrogens (primary N) is 1. The number of nitrogen functional groups attached to an aromatic ring is 1. The summed E-state index contributed by atoms with van der Waals surface area (Å²) in [5.41, 5.74) is 9.92. The number of thiophene rings is 1. The van der Waals surface area contributed by atoms with Crippen LogP contribution in [0.3, 0.4) is 0 Å². The van der Waals surface area contributed by atoms with E-state index in [1.165, 1.54) is 0 Å². The molecule has 0 fully saturated rings. The highest BCUT2D eigenvalue weighted by Crippen LogP contribution is 2.41. The van der Waals surface area contributed by atoms with Gasteiger partial charge in [-0.25, -0.2) is 0 Å². The van der Waals surface area contributed by atoms with Crippen molar-refractivity contribution in [3.05, 3.63) is 46.3 Å². The number of nitrogens with zero attached hydrogens (tertiary/aromatic N) is 2. The molecule has 0 bridgehead atoms. The number of rotatable bonds is 2. The summed E-state index contributed by atoms with van der Waals surface area (Å²) in [7, 11) is 1.85. The maximum absolute atomic E-state index is 6.44. The third-order valence-electron chi connectivity index (χ3n) is 3.31. The zero-order valence-corrected chi connectivity index (χ0v) is 12.8. The molecule has 0 spiro atoms. The standard InChI is InChI=1S/C15H14ClN3S/c1-9-5-3-6-10(13(9)16)14-12(11-7-4-8-20-11)15(17)19(2)18-14/h3-8H,17H2,1-2H3. The van der Waals surface area contributed by atoms with Crippen molar-refractivity contribution >= 4 is 28.8 Å². The normalized spacial score (nSPS) is 10.9. The van der Waals surface area contributed by atoms with E-state index in [-0.39, 0.29) is 0 Å². The molecule has 3 aromatic rings. The maximum atomic E-state index is 6.44. The molecule has 20 heavy (non-hydrogen) atoms. The lowest BCUT2D eigenvalue weighted by Gasteiger charge is -2.06. The lowest BCUT2D eigenvalue weighted by atomic mass is 10.0. The first-order valence-corrected chi connectivity index (χ1v) is 7.47.